The van der Waals surface area contributed by atoms with Crippen molar-refractivity contribution in [3.63, 3.8) is 0 Å². The Morgan fingerprint density at radius 1 is 1.45 bits per heavy atom. The van der Waals surface area contributed by atoms with Crippen molar-refractivity contribution < 1.29 is 4.74 Å². The van der Waals surface area contributed by atoms with Crippen LogP contribution < -0.4 is 4.72 Å². The van der Waals surface area contributed by atoms with Gasteiger partial charge in [-0.15, -0.1) is 0 Å². The first-order chi connectivity index (χ1) is 9.74. The van der Waals surface area contributed by atoms with E-state index in [1.807, 2.05) is 6.07 Å². The molecular weight excluding hydrogens is 383 g/mol. The normalized spacial score (nSPS) is 21.1. The summed E-state index contributed by atoms with van der Waals surface area (Å²) in [5.41, 5.74) is 1.32. The Bertz CT molecular complexity index is 441. The number of nitrogens with zero attached hydrogens (tertiary/aromatic N) is 1. The van der Waals surface area contributed by atoms with Gasteiger partial charge in [-0.1, -0.05) is 50.6 Å². The fraction of sp³-hybridized carbons (Fsp3) is 0.533. The van der Waals surface area contributed by atoms with Gasteiger partial charge >= 0.3 is 0 Å². The van der Waals surface area contributed by atoms with Gasteiger partial charge < -0.3 is 4.74 Å². The molecule has 1 aromatic rings. The summed E-state index contributed by atoms with van der Waals surface area (Å²) in [4.78, 5) is 4.79. The van der Waals surface area contributed by atoms with Crippen LogP contribution >= 0.6 is 30.3 Å². The van der Waals surface area contributed by atoms with Crippen LogP contribution in [0.4, 0.5) is 0 Å². The van der Waals surface area contributed by atoms with E-state index in [4.69, 9.17) is 9.73 Å². The topological polar surface area (TPSA) is 33.6 Å². The number of benzene rings is 1. The predicted molar refractivity (Wildman–Crippen MR) is 95.3 cm³/mol. The van der Waals surface area contributed by atoms with Gasteiger partial charge in [-0.2, -0.15) is 0 Å². The van der Waals surface area contributed by atoms with E-state index in [9.17, 15) is 0 Å². The maximum atomic E-state index is 5.85. The maximum Gasteiger partial charge on any atom is 0.202 e. The van der Waals surface area contributed by atoms with Crippen molar-refractivity contribution in [1.29, 1.82) is 0 Å². The molecule has 0 unspecified atom stereocenters. The molecule has 0 amide bonds. The molecular formula is C15H21IN2OS. The first-order valence-corrected chi connectivity index (χ1v) is 10.4. The van der Waals surface area contributed by atoms with Crippen LogP contribution in [0.1, 0.15) is 25.8 Å². The molecule has 3 atom stereocenters. The van der Waals surface area contributed by atoms with Gasteiger partial charge in [0.25, 0.3) is 0 Å². The monoisotopic (exact) mass is 404 g/mol. The van der Waals surface area contributed by atoms with Crippen LogP contribution in [0.15, 0.2) is 35.3 Å². The molecule has 1 aliphatic rings. The Balaban J connectivity index is 2.01. The van der Waals surface area contributed by atoms with Crippen LogP contribution in [0.2, 0.25) is 0 Å². The largest absolute Gasteiger partial charge is 0.478 e. The minimum atomic E-state index is 0.211. The van der Waals surface area contributed by atoms with E-state index in [-0.39, 0.29) is 12.1 Å². The summed E-state index contributed by atoms with van der Waals surface area (Å²) in [6.45, 7) is 5.14. The van der Waals surface area contributed by atoms with Crippen LogP contribution in [0.3, 0.4) is 0 Å². The second kappa shape index (κ2) is 8.24. The number of rotatable bonds is 7. The van der Waals surface area contributed by atoms with Crippen LogP contribution in [-0.4, -0.2) is 24.6 Å². The molecule has 110 valence electrons. The first kappa shape index (κ1) is 16.1. The lowest BCUT2D eigenvalue weighted by molar-refractivity contribution is 0.292. The molecule has 0 bridgehead atoms. The summed E-state index contributed by atoms with van der Waals surface area (Å²) in [5, 5.41) is 0. The highest BCUT2D eigenvalue weighted by atomic mass is 127. The average molecular weight is 404 g/mol. The van der Waals surface area contributed by atoms with Gasteiger partial charge in [0.2, 0.25) is 5.90 Å². The van der Waals surface area contributed by atoms with Crippen molar-refractivity contribution in [1.82, 2.24) is 4.72 Å². The first-order valence-electron chi connectivity index (χ1n) is 7.02. The van der Waals surface area contributed by atoms with Crippen LogP contribution in [-0.2, 0) is 11.2 Å². The molecule has 5 heteroatoms. The van der Waals surface area contributed by atoms with E-state index >= 15 is 0 Å². The van der Waals surface area contributed by atoms with Crippen molar-refractivity contribution in [3.05, 3.63) is 35.9 Å². The van der Waals surface area contributed by atoms with Gasteiger partial charge in [-0.3, -0.25) is 0 Å². The Morgan fingerprint density at radius 3 is 2.85 bits per heavy atom. The van der Waals surface area contributed by atoms with Gasteiger partial charge in [0.05, 0.1) is 12.1 Å². The van der Waals surface area contributed by atoms with Crippen molar-refractivity contribution in [2.24, 2.45) is 10.9 Å². The smallest absolute Gasteiger partial charge is 0.202 e. The van der Waals surface area contributed by atoms with E-state index in [1.165, 1.54) is 5.56 Å². The molecule has 0 spiro atoms. The Hall–Kier alpha value is -0.270. The summed E-state index contributed by atoms with van der Waals surface area (Å²) in [6.07, 6.45) is 2.07. The summed E-state index contributed by atoms with van der Waals surface area (Å²) in [6, 6.07) is 11.0. The highest BCUT2D eigenvalue weighted by molar-refractivity contribution is 14.2. The average Bonchev–Trinajstić information content (AvgIpc) is 2.93. The quantitative estimate of drug-likeness (QED) is 0.551. The molecule has 0 aliphatic carbocycles. The van der Waals surface area contributed by atoms with Gasteiger partial charge in [0.1, 0.15) is 6.61 Å². The second-order valence-electron chi connectivity index (χ2n) is 5.18. The van der Waals surface area contributed by atoms with E-state index < -0.39 is 0 Å². The Morgan fingerprint density at radius 2 is 2.20 bits per heavy atom. The van der Waals surface area contributed by atoms with Crippen molar-refractivity contribution in [2.45, 2.75) is 38.8 Å². The maximum absolute atomic E-state index is 5.85. The third kappa shape index (κ3) is 4.36. The summed E-state index contributed by atoms with van der Waals surface area (Å²) in [5.74, 6) is 1.40. The van der Waals surface area contributed by atoms with Gasteiger partial charge in [-0.25, -0.2) is 9.71 Å². The zero-order chi connectivity index (χ0) is 14.4. The lowest BCUT2D eigenvalue weighted by Gasteiger charge is -2.21. The van der Waals surface area contributed by atoms with E-state index in [2.05, 4.69) is 64.0 Å². The molecule has 0 aromatic heterocycles. The predicted octanol–water partition coefficient (Wildman–Crippen LogP) is 4.03. The summed E-state index contributed by atoms with van der Waals surface area (Å²) >= 11 is 2.26. The van der Waals surface area contributed by atoms with Gasteiger partial charge in [-0.05, 0) is 27.0 Å². The number of nitrogens with one attached hydrogen (secondary N) is 1. The van der Waals surface area contributed by atoms with Crippen LogP contribution in [0, 0.1) is 5.92 Å². The third-order valence-corrected chi connectivity index (χ3v) is 4.80. The Kier molecular flexibility index (Phi) is 6.64. The van der Waals surface area contributed by atoms with E-state index in [1.54, 1.807) is 9.12 Å². The molecule has 0 fully saturated rings. The lowest BCUT2D eigenvalue weighted by Crippen LogP contribution is -2.37. The van der Waals surface area contributed by atoms with Gasteiger partial charge in [0, 0.05) is 21.2 Å². The van der Waals surface area contributed by atoms with Crippen molar-refractivity contribution in [2.75, 3.05) is 6.61 Å². The fourth-order valence-corrected chi connectivity index (χ4v) is 3.54. The number of aliphatic imine (C=N–C) groups is 1. The van der Waals surface area contributed by atoms with Crippen LogP contribution in [0.25, 0.3) is 0 Å². The molecule has 1 heterocycles. The molecule has 1 N–H and O–H groups in total. The highest BCUT2D eigenvalue weighted by Gasteiger charge is 2.29. The molecule has 1 aliphatic heterocycles. The highest BCUT2D eigenvalue weighted by Crippen LogP contribution is 2.21. The summed E-state index contributed by atoms with van der Waals surface area (Å²) in [7, 11) is 1.60. The minimum Gasteiger partial charge on any atom is -0.478 e. The molecule has 20 heavy (non-hydrogen) atoms. The zero-order valence-electron chi connectivity index (χ0n) is 11.9. The molecule has 3 nitrogen and oxygen atoms in total. The molecule has 0 radical (unpaired) electrons. The van der Waals surface area contributed by atoms with Crippen LogP contribution in [0.5, 0.6) is 0 Å². The van der Waals surface area contributed by atoms with Crippen molar-refractivity contribution >= 4 is 36.2 Å². The third-order valence-electron chi connectivity index (χ3n) is 3.70. The molecule has 2 rings (SSSR count). The molecule has 1 aromatic carbocycles. The van der Waals surface area contributed by atoms with Crippen molar-refractivity contribution in [3.8, 4) is 0 Å². The van der Waals surface area contributed by atoms with E-state index in [0.717, 1.165) is 18.7 Å². The zero-order valence-corrected chi connectivity index (χ0v) is 14.9. The standard InChI is InChI=1S/C15H21IN2OS/c1-3-11(2)14(18-20-16)15-17-13(10-19-15)9-12-7-5-4-6-8-12/h4-8,11,13-14,18H,3,9-10H2,1-2H3/t11-,13-,14-/m0/s1. The SMILES string of the molecule is CC[C@H](C)[C@H](NSI)C1=N[C@@H](Cc2ccccc2)CO1. The van der Waals surface area contributed by atoms with E-state index in [0.29, 0.717) is 12.5 Å². The molecule has 0 saturated carbocycles. The number of hydrogen-bond donors (Lipinski definition) is 1. The minimum absolute atomic E-state index is 0.211. The fourth-order valence-electron chi connectivity index (χ4n) is 2.29. The number of hydrogen-bond acceptors (Lipinski definition) is 4. The second-order valence-corrected chi connectivity index (χ2v) is 6.89. The Labute approximate surface area is 137 Å². The summed E-state index contributed by atoms with van der Waals surface area (Å²) < 4.78 is 9.25. The number of ether oxygens (including phenoxy) is 1. The van der Waals surface area contributed by atoms with Gasteiger partial charge in [0.15, 0.2) is 0 Å². The molecule has 0 saturated heterocycles. The lowest BCUT2D eigenvalue weighted by atomic mass is 10.00. The number of halogens is 1.